The minimum atomic E-state index is -1.06. The second-order valence-electron chi connectivity index (χ2n) is 6.71. The molecule has 30 heavy (non-hydrogen) atoms. The molecule has 0 radical (unpaired) electrons. The molecule has 0 saturated heterocycles. The lowest BCUT2D eigenvalue weighted by Crippen LogP contribution is -2.41. The molecule has 7 nitrogen and oxygen atoms in total. The van der Waals surface area contributed by atoms with Crippen molar-refractivity contribution in [3.63, 3.8) is 0 Å². The molecular formula is C21H23F2N5O2. The summed E-state index contributed by atoms with van der Waals surface area (Å²) in [6, 6.07) is 5.49. The summed E-state index contributed by atoms with van der Waals surface area (Å²) in [5.74, 6) is -1.44. The van der Waals surface area contributed by atoms with Crippen molar-refractivity contribution >= 4 is 11.7 Å². The molecule has 1 aliphatic carbocycles. The van der Waals surface area contributed by atoms with Crippen LogP contribution in [0.4, 0.5) is 14.6 Å². The Hall–Kier alpha value is -3.38. The molecule has 1 amide bonds. The van der Waals surface area contributed by atoms with E-state index in [0.717, 1.165) is 36.8 Å². The lowest BCUT2D eigenvalue weighted by Gasteiger charge is -2.41. The Morgan fingerprint density at radius 2 is 2.00 bits per heavy atom. The van der Waals surface area contributed by atoms with E-state index in [1.807, 2.05) is 13.0 Å². The first kappa shape index (κ1) is 22.9. The lowest BCUT2D eigenvalue weighted by atomic mass is 9.74. The number of nitrogens with two attached hydrogens (primary N) is 1. The van der Waals surface area contributed by atoms with Crippen molar-refractivity contribution in [2.45, 2.75) is 38.2 Å². The topological polar surface area (TPSA) is 114 Å². The molecule has 3 rings (SSSR count). The Morgan fingerprint density at radius 3 is 2.43 bits per heavy atom. The van der Waals surface area contributed by atoms with E-state index in [1.165, 1.54) is 6.20 Å². The van der Waals surface area contributed by atoms with Crippen LogP contribution in [-0.4, -0.2) is 22.5 Å². The average molecular weight is 415 g/mol. The smallest absolute Gasteiger partial charge is 0.243 e. The quantitative estimate of drug-likeness (QED) is 0.715. The maximum Gasteiger partial charge on any atom is 0.243 e. The largest absolute Gasteiger partial charge is 0.368 e. The van der Waals surface area contributed by atoms with Gasteiger partial charge in [-0.2, -0.15) is 5.26 Å². The van der Waals surface area contributed by atoms with Crippen molar-refractivity contribution in [1.82, 2.24) is 9.97 Å². The van der Waals surface area contributed by atoms with Gasteiger partial charge in [0.15, 0.2) is 11.6 Å². The van der Waals surface area contributed by atoms with Gasteiger partial charge in [-0.1, -0.05) is 13.5 Å². The van der Waals surface area contributed by atoms with Gasteiger partial charge in [0, 0.05) is 11.9 Å². The number of hydrogen-bond acceptors (Lipinski definition) is 6. The molecule has 0 atom stereocenters. The van der Waals surface area contributed by atoms with Gasteiger partial charge in [-0.3, -0.25) is 9.78 Å². The predicted octanol–water partition coefficient (Wildman–Crippen LogP) is 3.53. The molecule has 3 N–H and O–H groups in total. The normalized spacial score (nSPS) is 13.8. The van der Waals surface area contributed by atoms with Gasteiger partial charge in [-0.25, -0.2) is 13.8 Å². The van der Waals surface area contributed by atoms with Crippen LogP contribution in [0.25, 0.3) is 0 Å². The van der Waals surface area contributed by atoms with Gasteiger partial charge < -0.3 is 15.8 Å². The van der Waals surface area contributed by atoms with E-state index in [1.54, 1.807) is 12.1 Å². The number of ether oxygens (including phenoxy) is 1. The van der Waals surface area contributed by atoms with Crippen molar-refractivity contribution in [1.29, 1.82) is 5.26 Å². The molecule has 1 saturated carbocycles. The number of carbonyl (C=O) groups is 1. The minimum absolute atomic E-state index is 0.153. The van der Waals surface area contributed by atoms with Crippen molar-refractivity contribution in [3.8, 4) is 6.07 Å². The molecule has 2 aromatic heterocycles. The third-order valence-electron chi connectivity index (χ3n) is 4.59. The summed E-state index contributed by atoms with van der Waals surface area (Å²) >= 11 is 0. The molecule has 0 spiro atoms. The molecule has 0 bridgehead atoms. The molecule has 0 aromatic carbocycles. The predicted molar refractivity (Wildman–Crippen MR) is 107 cm³/mol. The average Bonchev–Trinajstić information content (AvgIpc) is 2.69. The number of halogens is 2. The van der Waals surface area contributed by atoms with Gasteiger partial charge >= 0.3 is 0 Å². The van der Waals surface area contributed by atoms with Gasteiger partial charge in [0.25, 0.3) is 0 Å². The van der Waals surface area contributed by atoms with Crippen molar-refractivity contribution in [2.24, 2.45) is 5.73 Å². The van der Waals surface area contributed by atoms with Crippen LogP contribution in [-0.2, 0) is 15.1 Å². The SMILES string of the molecule is C=C(CC)Nc1ccc(C#N)cn1.NC(=O)COC1(c2c(F)cncc2F)CCC1. The molecule has 2 heterocycles. The number of pyridine rings is 2. The monoisotopic (exact) mass is 415 g/mol. The van der Waals surface area contributed by atoms with E-state index in [9.17, 15) is 13.6 Å². The fourth-order valence-electron chi connectivity index (χ4n) is 2.82. The van der Waals surface area contributed by atoms with E-state index >= 15 is 0 Å². The van der Waals surface area contributed by atoms with E-state index in [2.05, 4.69) is 21.9 Å². The van der Waals surface area contributed by atoms with E-state index in [4.69, 9.17) is 15.7 Å². The number of allylic oxidation sites excluding steroid dienone is 1. The third kappa shape index (κ3) is 5.81. The molecule has 9 heteroatoms. The number of carbonyl (C=O) groups excluding carboxylic acids is 1. The number of anilines is 1. The summed E-state index contributed by atoms with van der Waals surface area (Å²) in [6.07, 6.45) is 6.00. The number of nitriles is 1. The molecule has 2 aromatic rings. The summed E-state index contributed by atoms with van der Waals surface area (Å²) in [5.41, 5.74) is 5.23. The van der Waals surface area contributed by atoms with Crippen molar-refractivity contribution in [3.05, 3.63) is 65.8 Å². The van der Waals surface area contributed by atoms with Crippen LogP contribution in [0.15, 0.2) is 43.0 Å². The highest BCUT2D eigenvalue weighted by Gasteiger charge is 2.44. The summed E-state index contributed by atoms with van der Waals surface area (Å²) in [7, 11) is 0. The van der Waals surface area contributed by atoms with Gasteiger partial charge in [-0.15, -0.1) is 0 Å². The highest BCUT2D eigenvalue weighted by Crippen LogP contribution is 2.46. The van der Waals surface area contributed by atoms with Gasteiger partial charge in [-0.05, 0) is 37.8 Å². The van der Waals surface area contributed by atoms with Crippen LogP contribution in [0.1, 0.15) is 43.7 Å². The zero-order valence-electron chi connectivity index (χ0n) is 16.6. The first-order valence-electron chi connectivity index (χ1n) is 9.34. The Morgan fingerprint density at radius 1 is 1.33 bits per heavy atom. The number of primary amides is 1. The zero-order valence-corrected chi connectivity index (χ0v) is 16.6. The van der Waals surface area contributed by atoms with E-state index in [-0.39, 0.29) is 12.2 Å². The Labute approximate surface area is 173 Å². The Kier molecular flexibility index (Phi) is 7.95. The summed E-state index contributed by atoms with van der Waals surface area (Å²) in [6.45, 7) is 5.46. The standard InChI is InChI=1S/C11H12F2N2O2.C10H11N3/c12-7-4-15-5-8(13)10(7)11(2-1-3-11)17-6-9(14)16;1-3-8(2)13-10-5-4-9(6-11)7-12-10/h4-5H,1-3,6H2,(H2,14,16);4-5,7H,2-3H2,1H3,(H,12,13). The molecular weight excluding hydrogens is 392 g/mol. The van der Waals surface area contributed by atoms with E-state index in [0.29, 0.717) is 18.4 Å². The number of nitrogens with one attached hydrogen (secondary N) is 1. The van der Waals surface area contributed by atoms with Crippen molar-refractivity contribution < 1.29 is 18.3 Å². The van der Waals surface area contributed by atoms with Crippen LogP contribution in [0.3, 0.4) is 0 Å². The number of hydrogen-bond donors (Lipinski definition) is 2. The molecule has 0 unspecified atom stereocenters. The maximum absolute atomic E-state index is 13.6. The van der Waals surface area contributed by atoms with Crippen LogP contribution in [0.2, 0.25) is 0 Å². The molecule has 1 fully saturated rings. The number of amides is 1. The van der Waals surface area contributed by atoms with Gasteiger partial charge in [0.2, 0.25) is 5.91 Å². The second-order valence-corrected chi connectivity index (χ2v) is 6.71. The minimum Gasteiger partial charge on any atom is -0.368 e. The summed E-state index contributed by atoms with van der Waals surface area (Å²) in [5, 5.41) is 11.6. The fourth-order valence-corrected chi connectivity index (χ4v) is 2.82. The Balaban J connectivity index is 0.000000222. The maximum atomic E-state index is 13.6. The van der Waals surface area contributed by atoms with Gasteiger partial charge in [0.1, 0.15) is 18.5 Å². The van der Waals surface area contributed by atoms with Crippen LogP contribution >= 0.6 is 0 Å². The Bertz CT molecular complexity index is 917. The molecule has 1 aliphatic rings. The third-order valence-corrected chi connectivity index (χ3v) is 4.59. The highest BCUT2D eigenvalue weighted by atomic mass is 19.1. The second kappa shape index (κ2) is 10.4. The summed E-state index contributed by atoms with van der Waals surface area (Å²) in [4.78, 5) is 18.1. The van der Waals surface area contributed by atoms with E-state index < -0.39 is 23.1 Å². The van der Waals surface area contributed by atoms with Crippen LogP contribution in [0, 0.1) is 23.0 Å². The van der Waals surface area contributed by atoms with Gasteiger partial charge in [0.05, 0.1) is 29.1 Å². The molecule has 158 valence electrons. The number of nitrogens with zero attached hydrogens (tertiary/aromatic N) is 3. The number of rotatable bonds is 7. The van der Waals surface area contributed by atoms with Crippen LogP contribution in [0.5, 0.6) is 0 Å². The first-order chi connectivity index (χ1) is 14.3. The van der Waals surface area contributed by atoms with Crippen LogP contribution < -0.4 is 11.1 Å². The number of aromatic nitrogens is 2. The zero-order chi connectivity index (χ0) is 22.1. The molecule has 0 aliphatic heterocycles. The van der Waals surface area contributed by atoms with Crippen molar-refractivity contribution in [2.75, 3.05) is 11.9 Å². The summed E-state index contributed by atoms with van der Waals surface area (Å²) < 4.78 is 32.5. The fraction of sp³-hybridized carbons (Fsp3) is 0.333. The highest BCUT2D eigenvalue weighted by molar-refractivity contribution is 5.75. The lowest BCUT2D eigenvalue weighted by molar-refractivity contribution is -0.142. The first-order valence-corrected chi connectivity index (χ1v) is 9.34.